The number of rotatable bonds is 4. The Labute approximate surface area is 182 Å². The summed E-state index contributed by atoms with van der Waals surface area (Å²) in [6, 6.07) is 19.6. The highest BCUT2D eigenvalue weighted by atomic mass is 79.9. The molecule has 0 radical (unpaired) electrons. The molecule has 0 aromatic heterocycles. The van der Waals surface area contributed by atoms with Crippen LogP contribution in [0.2, 0.25) is 0 Å². The van der Waals surface area contributed by atoms with Gasteiger partial charge in [0.2, 0.25) is 15.9 Å². The van der Waals surface area contributed by atoms with Gasteiger partial charge >= 0.3 is 0 Å². The Balaban J connectivity index is 1.73. The van der Waals surface area contributed by atoms with Gasteiger partial charge in [0, 0.05) is 11.0 Å². The standard InChI is InChI=1S/C22H18BrFN2O3S/c23-18-9-5-16(6-10-18)13-25-15-22(27)26(14-17-7-11-19(24)12-8-17)20-3-1-2-4-21(20)30(25,28)29/h1-12H,13-15H2. The van der Waals surface area contributed by atoms with Crippen LogP contribution in [-0.4, -0.2) is 25.2 Å². The van der Waals surface area contributed by atoms with Crippen LogP contribution in [0.3, 0.4) is 0 Å². The third kappa shape index (κ3) is 4.16. The van der Waals surface area contributed by atoms with Gasteiger partial charge in [-0.05, 0) is 47.5 Å². The van der Waals surface area contributed by atoms with Gasteiger partial charge in [-0.3, -0.25) is 4.79 Å². The normalized spacial score (nSPS) is 16.2. The molecule has 8 heteroatoms. The fourth-order valence-electron chi connectivity index (χ4n) is 3.37. The van der Waals surface area contributed by atoms with E-state index in [1.54, 1.807) is 30.3 Å². The van der Waals surface area contributed by atoms with Crippen LogP contribution in [0.5, 0.6) is 0 Å². The molecule has 4 rings (SSSR count). The zero-order valence-corrected chi connectivity index (χ0v) is 18.2. The lowest BCUT2D eigenvalue weighted by atomic mass is 10.2. The first-order chi connectivity index (χ1) is 14.3. The molecule has 0 aliphatic carbocycles. The molecule has 1 aliphatic rings. The number of para-hydroxylation sites is 1. The molecule has 3 aromatic rings. The van der Waals surface area contributed by atoms with Crippen molar-refractivity contribution in [3.05, 3.63) is 94.2 Å². The van der Waals surface area contributed by atoms with Crippen molar-refractivity contribution in [2.24, 2.45) is 0 Å². The molecule has 154 valence electrons. The van der Waals surface area contributed by atoms with E-state index >= 15 is 0 Å². The van der Waals surface area contributed by atoms with Gasteiger partial charge in [0.1, 0.15) is 10.7 Å². The Morgan fingerprint density at radius 3 is 2.17 bits per heavy atom. The van der Waals surface area contributed by atoms with Gasteiger partial charge in [-0.1, -0.05) is 52.3 Å². The van der Waals surface area contributed by atoms with Crippen LogP contribution in [0.15, 0.2) is 82.2 Å². The van der Waals surface area contributed by atoms with Gasteiger partial charge in [0.05, 0.1) is 18.8 Å². The van der Waals surface area contributed by atoms with Gasteiger partial charge in [-0.2, -0.15) is 4.31 Å². The minimum atomic E-state index is -3.89. The summed E-state index contributed by atoms with van der Waals surface area (Å²) in [5.41, 5.74) is 1.81. The number of anilines is 1. The summed E-state index contributed by atoms with van der Waals surface area (Å²) in [6.45, 7) is -0.0495. The number of benzene rings is 3. The summed E-state index contributed by atoms with van der Waals surface area (Å²) < 4.78 is 42.1. The number of nitrogens with zero attached hydrogens (tertiary/aromatic N) is 2. The number of halogens is 2. The molecule has 0 spiro atoms. The molecule has 1 heterocycles. The highest BCUT2D eigenvalue weighted by Gasteiger charge is 2.36. The van der Waals surface area contributed by atoms with Crippen molar-refractivity contribution in [3.63, 3.8) is 0 Å². The SMILES string of the molecule is O=C1CN(Cc2ccc(Br)cc2)S(=O)(=O)c2ccccc2N1Cc1ccc(F)cc1. The van der Waals surface area contributed by atoms with E-state index in [1.807, 2.05) is 24.3 Å². The predicted molar refractivity (Wildman–Crippen MR) is 116 cm³/mol. The van der Waals surface area contributed by atoms with E-state index in [-0.39, 0.29) is 36.3 Å². The number of hydrogen-bond acceptors (Lipinski definition) is 3. The van der Waals surface area contributed by atoms with E-state index < -0.39 is 10.0 Å². The second-order valence-electron chi connectivity index (χ2n) is 6.97. The third-order valence-electron chi connectivity index (χ3n) is 4.91. The zero-order valence-electron chi connectivity index (χ0n) is 15.8. The molecule has 0 N–H and O–H groups in total. The van der Waals surface area contributed by atoms with Gasteiger partial charge < -0.3 is 4.90 Å². The molecule has 0 saturated heterocycles. The number of carbonyl (C=O) groups excluding carboxylic acids is 1. The summed E-state index contributed by atoms with van der Waals surface area (Å²) in [6.07, 6.45) is 0. The average Bonchev–Trinajstić information content (AvgIpc) is 2.80. The van der Waals surface area contributed by atoms with Crippen LogP contribution >= 0.6 is 15.9 Å². The minimum Gasteiger partial charge on any atom is -0.305 e. The number of sulfonamides is 1. The van der Waals surface area contributed by atoms with Crippen molar-refractivity contribution in [1.82, 2.24) is 4.31 Å². The van der Waals surface area contributed by atoms with Gasteiger partial charge in [0.25, 0.3) is 0 Å². The molecule has 5 nitrogen and oxygen atoms in total. The van der Waals surface area contributed by atoms with Crippen LogP contribution < -0.4 is 4.90 Å². The average molecular weight is 489 g/mol. The van der Waals surface area contributed by atoms with Crippen molar-refractivity contribution >= 4 is 37.5 Å². The quantitative estimate of drug-likeness (QED) is 0.549. The number of amides is 1. The smallest absolute Gasteiger partial charge is 0.245 e. The molecule has 3 aromatic carbocycles. The van der Waals surface area contributed by atoms with Gasteiger partial charge in [0.15, 0.2) is 0 Å². The number of hydrogen-bond donors (Lipinski definition) is 0. The van der Waals surface area contributed by atoms with E-state index in [4.69, 9.17) is 0 Å². The third-order valence-corrected chi connectivity index (χ3v) is 7.28. The molecule has 0 atom stereocenters. The van der Waals surface area contributed by atoms with Crippen LogP contribution in [-0.2, 0) is 27.9 Å². The second-order valence-corrected chi connectivity index (χ2v) is 9.80. The topological polar surface area (TPSA) is 57.7 Å². The summed E-state index contributed by atoms with van der Waals surface area (Å²) in [5.74, 6) is -0.713. The van der Waals surface area contributed by atoms with Crippen LogP contribution in [0, 0.1) is 5.82 Å². The lowest BCUT2D eigenvalue weighted by Gasteiger charge is -2.22. The Morgan fingerprint density at radius 2 is 1.47 bits per heavy atom. The van der Waals surface area contributed by atoms with Crippen LogP contribution in [0.4, 0.5) is 10.1 Å². The maximum absolute atomic E-state index is 13.4. The molecule has 0 fully saturated rings. The molecule has 0 bridgehead atoms. The Kier molecular flexibility index (Phi) is 5.73. The maximum Gasteiger partial charge on any atom is 0.245 e. The van der Waals surface area contributed by atoms with Crippen molar-refractivity contribution < 1.29 is 17.6 Å². The number of carbonyl (C=O) groups is 1. The van der Waals surface area contributed by atoms with Gasteiger partial charge in [-0.15, -0.1) is 0 Å². The molecule has 30 heavy (non-hydrogen) atoms. The molecule has 1 amide bonds. The first kappa shape index (κ1) is 20.7. The van der Waals surface area contributed by atoms with E-state index in [1.165, 1.54) is 27.4 Å². The van der Waals surface area contributed by atoms with Crippen molar-refractivity contribution in [2.45, 2.75) is 18.0 Å². The van der Waals surface area contributed by atoms with E-state index in [0.717, 1.165) is 10.0 Å². The minimum absolute atomic E-state index is 0.0788. The molecule has 0 unspecified atom stereocenters. The second kappa shape index (κ2) is 8.29. The summed E-state index contributed by atoms with van der Waals surface area (Å²) >= 11 is 3.36. The largest absolute Gasteiger partial charge is 0.305 e. The first-order valence-corrected chi connectivity index (χ1v) is 11.5. The summed E-state index contributed by atoms with van der Waals surface area (Å²) in [5, 5.41) is 0. The first-order valence-electron chi connectivity index (χ1n) is 9.23. The molecular formula is C22H18BrFN2O3S. The number of fused-ring (bicyclic) bond motifs is 1. The monoisotopic (exact) mass is 488 g/mol. The maximum atomic E-state index is 13.4. The fraction of sp³-hybridized carbons (Fsp3) is 0.136. The molecular weight excluding hydrogens is 471 g/mol. The van der Waals surface area contributed by atoms with Crippen LogP contribution in [0.25, 0.3) is 0 Å². The Morgan fingerprint density at radius 1 is 0.867 bits per heavy atom. The highest BCUT2D eigenvalue weighted by molar-refractivity contribution is 9.10. The van der Waals surface area contributed by atoms with Gasteiger partial charge in [-0.25, -0.2) is 12.8 Å². The van der Waals surface area contributed by atoms with Crippen molar-refractivity contribution in [3.8, 4) is 0 Å². The van der Waals surface area contributed by atoms with E-state index in [0.29, 0.717) is 11.3 Å². The fourth-order valence-corrected chi connectivity index (χ4v) is 5.21. The van der Waals surface area contributed by atoms with Crippen molar-refractivity contribution in [1.29, 1.82) is 0 Å². The molecule has 0 saturated carbocycles. The summed E-state index contributed by atoms with van der Waals surface area (Å²) in [4.78, 5) is 14.7. The lowest BCUT2D eigenvalue weighted by molar-refractivity contribution is -0.119. The van der Waals surface area contributed by atoms with E-state index in [2.05, 4.69) is 15.9 Å². The van der Waals surface area contributed by atoms with Crippen LogP contribution in [0.1, 0.15) is 11.1 Å². The lowest BCUT2D eigenvalue weighted by Crippen LogP contribution is -2.38. The predicted octanol–water partition coefficient (Wildman–Crippen LogP) is 4.33. The molecule has 1 aliphatic heterocycles. The van der Waals surface area contributed by atoms with E-state index in [9.17, 15) is 17.6 Å². The Bertz CT molecular complexity index is 1180. The Hall–Kier alpha value is -2.55. The zero-order chi connectivity index (χ0) is 21.3. The summed E-state index contributed by atoms with van der Waals surface area (Å²) in [7, 11) is -3.89. The highest BCUT2D eigenvalue weighted by Crippen LogP contribution is 2.33. The van der Waals surface area contributed by atoms with Crippen molar-refractivity contribution in [2.75, 3.05) is 11.4 Å².